The molecule has 4 N–H and O–H groups in total. The third-order valence-corrected chi connectivity index (χ3v) is 2.21. The first-order chi connectivity index (χ1) is 7.66. The van der Waals surface area contributed by atoms with E-state index in [4.69, 9.17) is 11.5 Å². The molecule has 0 aliphatic rings. The molecular formula is C10H12N6. The van der Waals surface area contributed by atoms with Crippen molar-refractivity contribution in [3.8, 4) is 0 Å². The molecule has 0 saturated heterocycles. The molecule has 16 heavy (non-hydrogen) atoms. The minimum absolute atomic E-state index is 0.0613. The van der Waals surface area contributed by atoms with E-state index in [9.17, 15) is 0 Å². The van der Waals surface area contributed by atoms with Gasteiger partial charge in [-0.05, 0) is 19.1 Å². The number of hydrogen-bond acceptors (Lipinski definition) is 6. The zero-order valence-electron chi connectivity index (χ0n) is 8.83. The number of nitrogens with two attached hydrogens (primary N) is 2. The van der Waals surface area contributed by atoms with Crippen LogP contribution in [0.15, 0.2) is 24.4 Å². The molecule has 0 spiro atoms. The molecule has 0 saturated carbocycles. The summed E-state index contributed by atoms with van der Waals surface area (Å²) in [5.41, 5.74) is 11.9. The van der Waals surface area contributed by atoms with Crippen LogP contribution in [0.4, 0.5) is 11.9 Å². The second-order valence-corrected chi connectivity index (χ2v) is 3.39. The summed E-state index contributed by atoms with van der Waals surface area (Å²) in [4.78, 5) is 16.0. The molecule has 2 heterocycles. The number of aromatic nitrogens is 4. The van der Waals surface area contributed by atoms with Crippen molar-refractivity contribution in [2.24, 2.45) is 0 Å². The molecule has 6 heteroatoms. The van der Waals surface area contributed by atoms with Gasteiger partial charge in [-0.15, -0.1) is 0 Å². The van der Waals surface area contributed by atoms with Gasteiger partial charge in [0, 0.05) is 6.20 Å². The molecule has 6 nitrogen and oxygen atoms in total. The Balaban J connectivity index is 2.37. The van der Waals surface area contributed by atoms with Crippen LogP contribution >= 0.6 is 0 Å². The molecule has 0 aliphatic heterocycles. The summed E-state index contributed by atoms with van der Waals surface area (Å²) in [5.74, 6) is 0.730. The maximum atomic E-state index is 5.51. The van der Waals surface area contributed by atoms with Crippen molar-refractivity contribution in [1.29, 1.82) is 0 Å². The highest BCUT2D eigenvalue weighted by Gasteiger charge is 2.14. The lowest BCUT2D eigenvalue weighted by atomic mass is 10.1. The standard InChI is InChI=1S/C10H12N6/c1-6(7-4-2-3-5-13-7)8-14-9(11)16-10(12)15-8/h2-6H,1H3,(H4,11,12,14,15,16). The summed E-state index contributed by atoms with van der Waals surface area (Å²) >= 11 is 0. The highest BCUT2D eigenvalue weighted by molar-refractivity contribution is 5.29. The summed E-state index contributed by atoms with van der Waals surface area (Å²) < 4.78 is 0. The lowest BCUT2D eigenvalue weighted by Crippen LogP contribution is -2.10. The van der Waals surface area contributed by atoms with E-state index in [1.165, 1.54) is 0 Å². The van der Waals surface area contributed by atoms with E-state index < -0.39 is 0 Å². The molecule has 0 radical (unpaired) electrons. The van der Waals surface area contributed by atoms with Crippen molar-refractivity contribution in [1.82, 2.24) is 19.9 Å². The van der Waals surface area contributed by atoms with Crippen LogP contribution in [0.25, 0.3) is 0 Å². The van der Waals surface area contributed by atoms with Gasteiger partial charge in [0.25, 0.3) is 0 Å². The van der Waals surface area contributed by atoms with Gasteiger partial charge in [-0.1, -0.05) is 6.07 Å². The summed E-state index contributed by atoms with van der Waals surface area (Å²) in [7, 11) is 0. The Labute approximate surface area is 92.8 Å². The maximum absolute atomic E-state index is 5.51. The van der Waals surface area contributed by atoms with Gasteiger partial charge in [-0.25, -0.2) is 0 Å². The monoisotopic (exact) mass is 216 g/mol. The fourth-order valence-electron chi connectivity index (χ4n) is 1.39. The largest absolute Gasteiger partial charge is 0.368 e. The number of nitrogen functional groups attached to an aromatic ring is 2. The van der Waals surface area contributed by atoms with Gasteiger partial charge in [-0.3, -0.25) is 4.98 Å². The Kier molecular flexibility index (Phi) is 2.63. The van der Waals surface area contributed by atoms with Gasteiger partial charge in [0.1, 0.15) is 5.82 Å². The molecular weight excluding hydrogens is 204 g/mol. The quantitative estimate of drug-likeness (QED) is 0.761. The van der Waals surface area contributed by atoms with Crippen LogP contribution in [0.3, 0.4) is 0 Å². The summed E-state index contributed by atoms with van der Waals surface area (Å²) in [6.45, 7) is 1.94. The fraction of sp³-hybridized carbons (Fsp3) is 0.200. The van der Waals surface area contributed by atoms with Crippen molar-refractivity contribution in [3.05, 3.63) is 35.9 Å². The normalized spacial score (nSPS) is 12.3. The Hall–Kier alpha value is -2.24. The third kappa shape index (κ3) is 2.05. The van der Waals surface area contributed by atoms with E-state index in [1.54, 1.807) is 6.20 Å². The molecule has 1 atom stereocenters. The number of hydrogen-bond donors (Lipinski definition) is 2. The first-order valence-electron chi connectivity index (χ1n) is 4.84. The molecule has 0 fully saturated rings. The number of nitrogens with zero attached hydrogens (tertiary/aromatic N) is 4. The topological polar surface area (TPSA) is 104 Å². The van der Waals surface area contributed by atoms with Crippen molar-refractivity contribution >= 4 is 11.9 Å². The van der Waals surface area contributed by atoms with Crippen LogP contribution < -0.4 is 11.5 Å². The van der Waals surface area contributed by atoms with Crippen molar-refractivity contribution < 1.29 is 0 Å². The Morgan fingerprint density at radius 2 is 1.75 bits per heavy atom. The third-order valence-electron chi connectivity index (χ3n) is 2.21. The zero-order valence-corrected chi connectivity index (χ0v) is 8.83. The average molecular weight is 216 g/mol. The van der Waals surface area contributed by atoms with E-state index in [1.807, 2.05) is 25.1 Å². The SMILES string of the molecule is CC(c1ccccn1)c1nc(N)nc(N)n1. The van der Waals surface area contributed by atoms with Crippen molar-refractivity contribution in [2.75, 3.05) is 11.5 Å². The van der Waals surface area contributed by atoms with E-state index in [2.05, 4.69) is 19.9 Å². The summed E-state index contributed by atoms with van der Waals surface area (Å²) in [6, 6.07) is 5.67. The highest BCUT2D eigenvalue weighted by atomic mass is 15.1. The average Bonchev–Trinajstić information content (AvgIpc) is 2.28. The molecule has 0 amide bonds. The fourth-order valence-corrected chi connectivity index (χ4v) is 1.39. The van der Waals surface area contributed by atoms with Gasteiger partial charge in [0.2, 0.25) is 11.9 Å². The van der Waals surface area contributed by atoms with E-state index in [0.717, 1.165) is 5.69 Å². The molecule has 2 aromatic heterocycles. The zero-order chi connectivity index (χ0) is 11.5. The Bertz CT molecular complexity index is 464. The van der Waals surface area contributed by atoms with Gasteiger partial charge in [-0.2, -0.15) is 15.0 Å². The van der Waals surface area contributed by atoms with Crippen LogP contribution in [0.1, 0.15) is 24.4 Å². The van der Waals surface area contributed by atoms with Crippen LogP contribution in [0.5, 0.6) is 0 Å². The van der Waals surface area contributed by atoms with Crippen LogP contribution in [-0.2, 0) is 0 Å². The molecule has 2 aromatic rings. The molecule has 0 bridgehead atoms. The first kappa shape index (κ1) is 10.3. The Morgan fingerprint density at radius 3 is 2.31 bits per heavy atom. The maximum Gasteiger partial charge on any atom is 0.225 e. The van der Waals surface area contributed by atoms with Crippen LogP contribution in [0, 0.1) is 0 Å². The van der Waals surface area contributed by atoms with E-state index >= 15 is 0 Å². The summed E-state index contributed by atoms with van der Waals surface area (Å²) in [5, 5.41) is 0. The number of pyridine rings is 1. The van der Waals surface area contributed by atoms with Gasteiger partial charge < -0.3 is 11.5 Å². The van der Waals surface area contributed by atoms with E-state index in [-0.39, 0.29) is 17.8 Å². The lowest BCUT2D eigenvalue weighted by molar-refractivity contribution is 0.780. The van der Waals surface area contributed by atoms with Crippen LogP contribution in [-0.4, -0.2) is 19.9 Å². The van der Waals surface area contributed by atoms with Gasteiger partial charge in [0.15, 0.2) is 0 Å². The molecule has 1 unspecified atom stereocenters. The Morgan fingerprint density at radius 1 is 1.06 bits per heavy atom. The minimum atomic E-state index is -0.0613. The van der Waals surface area contributed by atoms with Crippen molar-refractivity contribution in [2.45, 2.75) is 12.8 Å². The van der Waals surface area contributed by atoms with Crippen LogP contribution in [0.2, 0.25) is 0 Å². The molecule has 0 aliphatic carbocycles. The smallest absolute Gasteiger partial charge is 0.225 e. The molecule has 82 valence electrons. The predicted molar refractivity (Wildman–Crippen MR) is 60.4 cm³/mol. The predicted octanol–water partition coefficient (Wildman–Crippen LogP) is 0.583. The van der Waals surface area contributed by atoms with Gasteiger partial charge >= 0.3 is 0 Å². The minimum Gasteiger partial charge on any atom is -0.368 e. The van der Waals surface area contributed by atoms with E-state index in [0.29, 0.717) is 5.82 Å². The summed E-state index contributed by atoms with van der Waals surface area (Å²) in [6.07, 6.45) is 1.72. The second-order valence-electron chi connectivity index (χ2n) is 3.39. The van der Waals surface area contributed by atoms with Crippen molar-refractivity contribution in [3.63, 3.8) is 0 Å². The first-order valence-corrected chi connectivity index (χ1v) is 4.84. The lowest BCUT2D eigenvalue weighted by Gasteiger charge is -2.09. The molecule has 0 aromatic carbocycles. The highest BCUT2D eigenvalue weighted by Crippen LogP contribution is 2.19. The van der Waals surface area contributed by atoms with Gasteiger partial charge in [0.05, 0.1) is 11.6 Å². The second kappa shape index (κ2) is 4.09. The number of anilines is 2. The molecule has 2 rings (SSSR count). The number of rotatable bonds is 2.